The van der Waals surface area contributed by atoms with Gasteiger partial charge in [-0.25, -0.2) is 14.1 Å². The van der Waals surface area contributed by atoms with Crippen molar-refractivity contribution in [3.63, 3.8) is 0 Å². The molecule has 7 heteroatoms. The van der Waals surface area contributed by atoms with E-state index < -0.39 is 0 Å². The van der Waals surface area contributed by atoms with E-state index in [0.717, 1.165) is 61.8 Å². The van der Waals surface area contributed by atoms with Crippen molar-refractivity contribution in [3.05, 3.63) is 71.6 Å². The van der Waals surface area contributed by atoms with E-state index in [1.165, 1.54) is 12.1 Å². The van der Waals surface area contributed by atoms with E-state index in [1.807, 2.05) is 4.68 Å². The summed E-state index contributed by atoms with van der Waals surface area (Å²) < 4.78 is 20.6. The van der Waals surface area contributed by atoms with Crippen LogP contribution in [-0.4, -0.2) is 37.9 Å². The molecule has 1 saturated heterocycles. The Balaban J connectivity index is 1.56. The molecular weight excluding hydrogens is 345 g/mol. The van der Waals surface area contributed by atoms with Crippen LogP contribution in [0.5, 0.6) is 0 Å². The minimum Gasteiger partial charge on any atom is -0.381 e. The highest BCUT2D eigenvalue weighted by molar-refractivity contribution is 5.17. The van der Waals surface area contributed by atoms with Gasteiger partial charge in [0, 0.05) is 44.1 Å². The molecule has 27 heavy (non-hydrogen) atoms. The lowest BCUT2D eigenvalue weighted by Gasteiger charge is -2.18. The summed E-state index contributed by atoms with van der Waals surface area (Å²) in [6.45, 7) is 2.09. The van der Waals surface area contributed by atoms with Gasteiger partial charge in [-0.1, -0.05) is 12.1 Å². The predicted octanol–water partition coefficient (Wildman–Crippen LogP) is 2.93. The Morgan fingerprint density at radius 2 is 1.89 bits per heavy atom. The largest absolute Gasteiger partial charge is 0.381 e. The molecule has 0 atom stereocenters. The first-order chi connectivity index (χ1) is 13.3. The quantitative estimate of drug-likeness (QED) is 0.670. The molecule has 0 bridgehead atoms. The summed E-state index contributed by atoms with van der Waals surface area (Å²) >= 11 is 0. The number of hydrogen-bond donors (Lipinski definition) is 0. The maximum absolute atomic E-state index is 13.2. The minimum atomic E-state index is -0.233. The molecule has 6 nitrogen and oxygen atoms in total. The fraction of sp³-hybridized carbons (Fsp3) is 0.400. The Morgan fingerprint density at radius 1 is 1.07 bits per heavy atom. The molecule has 0 unspecified atom stereocenters. The first-order valence-corrected chi connectivity index (χ1v) is 9.28. The van der Waals surface area contributed by atoms with Crippen molar-refractivity contribution in [2.75, 3.05) is 13.2 Å². The lowest BCUT2D eigenvalue weighted by Crippen LogP contribution is -2.15. The van der Waals surface area contributed by atoms with Crippen molar-refractivity contribution in [2.24, 2.45) is 0 Å². The van der Waals surface area contributed by atoms with Gasteiger partial charge in [0.15, 0.2) is 5.82 Å². The van der Waals surface area contributed by atoms with Gasteiger partial charge in [-0.15, -0.1) is 0 Å². The van der Waals surface area contributed by atoms with Gasteiger partial charge < -0.3 is 4.74 Å². The van der Waals surface area contributed by atoms with Crippen LogP contribution in [-0.2, 0) is 24.1 Å². The second-order valence-electron chi connectivity index (χ2n) is 6.75. The Hall–Kier alpha value is -2.67. The summed E-state index contributed by atoms with van der Waals surface area (Å²) in [6, 6.07) is 6.53. The van der Waals surface area contributed by atoms with E-state index in [1.54, 1.807) is 30.7 Å². The van der Waals surface area contributed by atoms with Crippen molar-refractivity contribution in [1.29, 1.82) is 0 Å². The smallest absolute Gasteiger partial charge is 0.154 e. The average molecular weight is 367 g/mol. The molecule has 4 rings (SSSR count). The highest BCUT2D eigenvalue weighted by atomic mass is 19.1. The van der Waals surface area contributed by atoms with Crippen LogP contribution in [0.1, 0.15) is 41.7 Å². The highest BCUT2D eigenvalue weighted by Gasteiger charge is 2.22. The summed E-state index contributed by atoms with van der Waals surface area (Å²) in [5.41, 5.74) is 1.93. The summed E-state index contributed by atoms with van der Waals surface area (Å²) in [5.74, 6) is 1.91. The van der Waals surface area contributed by atoms with Crippen LogP contribution in [0.2, 0.25) is 0 Å². The van der Waals surface area contributed by atoms with E-state index in [-0.39, 0.29) is 5.82 Å². The molecule has 1 aliphatic rings. The first kappa shape index (κ1) is 17.7. The number of hydrogen-bond acceptors (Lipinski definition) is 5. The number of nitrogens with zero attached hydrogens (tertiary/aromatic N) is 5. The Bertz CT molecular complexity index is 860. The van der Waals surface area contributed by atoms with Crippen molar-refractivity contribution < 1.29 is 9.13 Å². The number of benzene rings is 1. The van der Waals surface area contributed by atoms with Crippen LogP contribution in [0.3, 0.4) is 0 Å². The zero-order chi connectivity index (χ0) is 18.5. The summed E-state index contributed by atoms with van der Waals surface area (Å²) in [6.07, 6.45) is 8.53. The Labute approximate surface area is 157 Å². The molecule has 0 amide bonds. The summed E-state index contributed by atoms with van der Waals surface area (Å²) in [5, 5.41) is 4.78. The summed E-state index contributed by atoms with van der Waals surface area (Å²) in [4.78, 5) is 13.3. The fourth-order valence-electron chi connectivity index (χ4n) is 3.30. The van der Waals surface area contributed by atoms with E-state index in [0.29, 0.717) is 12.5 Å². The third-order valence-electron chi connectivity index (χ3n) is 4.82. The maximum atomic E-state index is 13.2. The van der Waals surface area contributed by atoms with Crippen LogP contribution in [0.15, 0.2) is 42.9 Å². The zero-order valence-electron chi connectivity index (χ0n) is 15.1. The first-order valence-electron chi connectivity index (χ1n) is 9.28. The topological polar surface area (TPSA) is 65.7 Å². The molecule has 1 aliphatic heterocycles. The van der Waals surface area contributed by atoms with E-state index in [2.05, 4.69) is 9.97 Å². The van der Waals surface area contributed by atoms with E-state index >= 15 is 0 Å². The lowest BCUT2D eigenvalue weighted by molar-refractivity contribution is 0.0835. The van der Waals surface area contributed by atoms with Crippen molar-refractivity contribution in [3.8, 4) is 0 Å². The average Bonchev–Trinajstić information content (AvgIpc) is 3.12. The summed E-state index contributed by atoms with van der Waals surface area (Å²) in [7, 11) is 0. The van der Waals surface area contributed by atoms with Gasteiger partial charge in [-0.05, 0) is 37.0 Å². The molecule has 3 aromatic rings. The monoisotopic (exact) mass is 367 g/mol. The lowest BCUT2D eigenvalue weighted by atomic mass is 10.00. The minimum absolute atomic E-state index is 0.233. The number of aromatic nitrogens is 5. The maximum Gasteiger partial charge on any atom is 0.154 e. The van der Waals surface area contributed by atoms with Crippen molar-refractivity contribution in [1.82, 2.24) is 24.7 Å². The normalized spacial score (nSPS) is 15.1. The van der Waals surface area contributed by atoms with Gasteiger partial charge in [-0.2, -0.15) is 5.10 Å². The predicted molar refractivity (Wildman–Crippen MR) is 97.8 cm³/mol. The standard InChI is InChI=1S/C20H22FN5O/c21-17-3-1-15(2-4-17)14-26-19(6-5-18-13-22-9-10-23-18)24-20(25-26)16-7-11-27-12-8-16/h1-4,9-10,13,16H,5-8,11-12,14H2. The van der Waals surface area contributed by atoms with Gasteiger partial charge in [0.25, 0.3) is 0 Å². The molecular formula is C20H22FN5O. The molecule has 0 aliphatic carbocycles. The van der Waals surface area contributed by atoms with Crippen LogP contribution in [0.25, 0.3) is 0 Å². The Kier molecular flexibility index (Phi) is 5.48. The number of rotatable bonds is 6. The van der Waals surface area contributed by atoms with Crippen LogP contribution in [0, 0.1) is 5.82 Å². The highest BCUT2D eigenvalue weighted by Crippen LogP contribution is 2.25. The van der Waals surface area contributed by atoms with Crippen LogP contribution >= 0.6 is 0 Å². The van der Waals surface area contributed by atoms with Gasteiger partial charge >= 0.3 is 0 Å². The number of aryl methyl sites for hydroxylation is 2. The number of halogens is 1. The van der Waals surface area contributed by atoms with E-state index in [9.17, 15) is 4.39 Å². The number of ether oxygens (including phenoxy) is 1. The van der Waals surface area contributed by atoms with Gasteiger partial charge in [0.05, 0.1) is 12.2 Å². The van der Waals surface area contributed by atoms with Crippen LogP contribution < -0.4 is 0 Å². The third kappa shape index (κ3) is 4.54. The zero-order valence-corrected chi connectivity index (χ0v) is 15.1. The van der Waals surface area contributed by atoms with Crippen molar-refractivity contribution >= 4 is 0 Å². The molecule has 2 aromatic heterocycles. The molecule has 0 radical (unpaired) electrons. The van der Waals surface area contributed by atoms with Crippen molar-refractivity contribution in [2.45, 2.75) is 38.1 Å². The molecule has 3 heterocycles. The molecule has 1 aromatic carbocycles. The molecule has 1 fully saturated rings. The third-order valence-corrected chi connectivity index (χ3v) is 4.82. The van der Waals surface area contributed by atoms with Gasteiger partial charge in [0.2, 0.25) is 0 Å². The van der Waals surface area contributed by atoms with Gasteiger partial charge in [-0.3, -0.25) is 9.97 Å². The molecule has 0 spiro atoms. The molecule has 0 saturated carbocycles. The molecule has 140 valence electrons. The van der Waals surface area contributed by atoms with Gasteiger partial charge in [0.1, 0.15) is 11.6 Å². The second-order valence-corrected chi connectivity index (χ2v) is 6.75. The SMILES string of the molecule is Fc1ccc(Cn2nc(C3CCOCC3)nc2CCc2cnccn2)cc1. The Morgan fingerprint density at radius 3 is 2.63 bits per heavy atom. The van der Waals surface area contributed by atoms with E-state index in [4.69, 9.17) is 14.8 Å². The molecule has 0 N–H and O–H groups in total. The van der Waals surface area contributed by atoms with Crippen LogP contribution in [0.4, 0.5) is 4.39 Å². The second kappa shape index (κ2) is 8.35. The fourth-order valence-corrected chi connectivity index (χ4v) is 3.30.